The molecule has 3 heterocycles. The molecular weight excluding hydrogens is 260 g/mol. The van der Waals surface area contributed by atoms with Crippen LogP contribution < -0.4 is 5.69 Å². The molecule has 1 aliphatic rings. The summed E-state index contributed by atoms with van der Waals surface area (Å²) in [6, 6.07) is 5.41. The van der Waals surface area contributed by atoms with Gasteiger partial charge in [-0.2, -0.15) is 0 Å². The first kappa shape index (κ1) is 12.9. The lowest BCUT2D eigenvalue weighted by Gasteiger charge is -2.14. The van der Waals surface area contributed by atoms with Crippen molar-refractivity contribution in [3.63, 3.8) is 0 Å². The Morgan fingerprint density at radius 2 is 2.25 bits per heavy atom. The highest BCUT2D eigenvalue weighted by Crippen LogP contribution is 2.15. The van der Waals surface area contributed by atoms with Gasteiger partial charge in [0.05, 0.1) is 12.5 Å². The first-order valence-corrected chi connectivity index (χ1v) is 6.64. The van der Waals surface area contributed by atoms with Crippen LogP contribution in [0.2, 0.25) is 0 Å². The molecule has 20 heavy (non-hydrogen) atoms. The summed E-state index contributed by atoms with van der Waals surface area (Å²) in [6.45, 7) is 2.44. The molecule has 0 spiro atoms. The zero-order valence-electron chi connectivity index (χ0n) is 11.0. The molecule has 0 amide bonds. The summed E-state index contributed by atoms with van der Waals surface area (Å²) in [5.74, 6) is -1.02. The van der Waals surface area contributed by atoms with Crippen molar-refractivity contribution >= 4 is 11.6 Å². The number of nitrogens with zero attached hydrogens (tertiary/aromatic N) is 4. The maximum Gasteiger partial charge on any atom is 0.350 e. The lowest BCUT2D eigenvalue weighted by Crippen LogP contribution is -2.30. The smallest absolute Gasteiger partial charge is 0.350 e. The van der Waals surface area contributed by atoms with Crippen molar-refractivity contribution in [2.45, 2.75) is 13.0 Å². The first-order valence-electron chi connectivity index (χ1n) is 6.64. The van der Waals surface area contributed by atoms with Gasteiger partial charge in [0.25, 0.3) is 0 Å². The Hall–Kier alpha value is -2.15. The van der Waals surface area contributed by atoms with Gasteiger partial charge < -0.3 is 10.0 Å². The minimum Gasteiger partial charge on any atom is -0.481 e. The van der Waals surface area contributed by atoms with Crippen LogP contribution in [0.4, 0.5) is 0 Å². The first-order chi connectivity index (χ1) is 9.65. The summed E-state index contributed by atoms with van der Waals surface area (Å²) in [4.78, 5) is 25.0. The van der Waals surface area contributed by atoms with Crippen LogP contribution in [-0.4, -0.2) is 49.8 Å². The molecule has 1 atom stereocenters. The van der Waals surface area contributed by atoms with Gasteiger partial charge in [-0.1, -0.05) is 6.07 Å². The van der Waals surface area contributed by atoms with Crippen molar-refractivity contribution in [1.29, 1.82) is 0 Å². The standard InChI is InChI=1S/C13H16N4O3/c18-12(19)10-4-6-15(9-10)7-8-17-13(20)16-5-2-1-3-11(16)14-17/h1-3,5,10H,4,6-9H2,(H,18,19). The monoisotopic (exact) mass is 276 g/mol. The molecular formula is C13H16N4O3. The van der Waals surface area contributed by atoms with Gasteiger partial charge in [-0.25, -0.2) is 9.48 Å². The Kier molecular flexibility index (Phi) is 3.27. The van der Waals surface area contributed by atoms with Gasteiger partial charge in [0.15, 0.2) is 5.65 Å². The number of aromatic nitrogens is 3. The van der Waals surface area contributed by atoms with E-state index in [-0.39, 0.29) is 11.6 Å². The number of pyridine rings is 1. The van der Waals surface area contributed by atoms with E-state index in [2.05, 4.69) is 10.00 Å². The highest BCUT2D eigenvalue weighted by molar-refractivity contribution is 5.70. The quantitative estimate of drug-likeness (QED) is 0.843. The highest BCUT2D eigenvalue weighted by atomic mass is 16.4. The number of likely N-dealkylation sites (tertiary alicyclic amines) is 1. The molecule has 7 nitrogen and oxygen atoms in total. The fourth-order valence-electron chi connectivity index (χ4n) is 2.59. The molecule has 0 saturated carbocycles. The van der Waals surface area contributed by atoms with Crippen molar-refractivity contribution in [3.8, 4) is 0 Å². The molecule has 7 heteroatoms. The molecule has 0 aromatic carbocycles. The second-order valence-corrected chi connectivity index (χ2v) is 5.06. The third-order valence-corrected chi connectivity index (χ3v) is 3.74. The van der Waals surface area contributed by atoms with E-state index in [0.717, 1.165) is 6.54 Å². The Bertz CT molecular complexity index is 690. The largest absolute Gasteiger partial charge is 0.481 e. The van der Waals surface area contributed by atoms with E-state index in [1.807, 2.05) is 6.07 Å². The van der Waals surface area contributed by atoms with Crippen molar-refractivity contribution in [1.82, 2.24) is 19.1 Å². The molecule has 1 fully saturated rings. The van der Waals surface area contributed by atoms with Crippen LogP contribution in [0.5, 0.6) is 0 Å². The van der Waals surface area contributed by atoms with E-state index < -0.39 is 5.97 Å². The van der Waals surface area contributed by atoms with Crippen LogP contribution in [0.3, 0.4) is 0 Å². The van der Waals surface area contributed by atoms with Crippen molar-refractivity contribution < 1.29 is 9.90 Å². The molecule has 1 N–H and O–H groups in total. The maximum absolute atomic E-state index is 12.1. The molecule has 106 valence electrons. The van der Waals surface area contributed by atoms with Crippen molar-refractivity contribution in [2.75, 3.05) is 19.6 Å². The van der Waals surface area contributed by atoms with Crippen LogP contribution in [0.1, 0.15) is 6.42 Å². The summed E-state index contributed by atoms with van der Waals surface area (Å²) in [7, 11) is 0. The van der Waals surface area contributed by atoms with E-state index in [1.54, 1.807) is 18.3 Å². The Labute approximate surface area is 115 Å². The minimum absolute atomic E-state index is 0.158. The summed E-state index contributed by atoms with van der Waals surface area (Å²) in [5, 5.41) is 13.2. The van der Waals surface area contributed by atoms with Gasteiger partial charge in [-0.3, -0.25) is 9.20 Å². The third-order valence-electron chi connectivity index (χ3n) is 3.74. The summed E-state index contributed by atoms with van der Waals surface area (Å²) < 4.78 is 2.94. The predicted octanol–water partition coefficient (Wildman–Crippen LogP) is -0.0975. The van der Waals surface area contributed by atoms with E-state index in [1.165, 1.54) is 9.08 Å². The topological polar surface area (TPSA) is 79.8 Å². The van der Waals surface area contributed by atoms with Crippen LogP contribution in [-0.2, 0) is 11.3 Å². The molecule has 2 aromatic rings. The van der Waals surface area contributed by atoms with Gasteiger partial charge >= 0.3 is 11.7 Å². The number of carboxylic acid groups (broad SMARTS) is 1. The average Bonchev–Trinajstić information content (AvgIpc) is 3.03. The van der Waals surface area contributed by atoms with Crippen molar-refractivity contribution in [2.24, 2.45) is 5.92 Å². The number of carbonyl (C=O) groups is 1. The Balaban J connectivity index is 1.67. The van der Waals surface area contributed by atoms with Gasteiger partial charge in [-0.05, 0) is 25.1 Å². The zero-order valence-corrected chi connectivity index (χ0v) is 11.0. The number of hydrogen-bond acceptors (Lipinski definition) is 4. The van der Waals surface area contributed by atoms with E-state index in [0.29, 0.717) is 31.7 Å². The molecule has 3 rings (SSSR count). The molecule has 2 aromatic heterocycles. The summed E-state index contributed by atoms with van der Waals surface area (Å²) >= 11 is 0. The van der Waals surface area contributed by atoms with Gasteiger partial charge in [-0.15, -0.1) is 5.10 Å². The molecule has 0 bridgehead atoms. The summed E-state index contributed by atoms with van der Waals surface area (Å²) in [6.07, 6.45) is 2.37. The molecule has 1 saturated heterocycles. The normalized spacial score (nSPS) is 19.7. The van der Waals surface area contributed by atoms with E-state index >= 15 is 0 Å². The fourth-order valence-corrected chi connectivity index (χ4v) is 2.59. The average molecular weight is 276 g/mol. The molecule has 0 radical (unpaired) electrons. The third kappa shape index (κ3) is 2.32. The predicted molar refractivity (Wildman–Crippen MR) is 71.6 cm³/mol. The van der Waals surface area contributed by atoms with Gasteiger partial charge in [0, 0.05) is 19.3 Å². The van der Waals surface area contributed by atoms with Gasteiger partial charge in [0.2, 0.25) is 0 Å². The lowest BCUT2D eigenvalue weighted by molar-refractivity contribution is -0.141. The van der Waals surface area contributed by atoms with Crippen LogP contribution in [0.25, 0.3) is 5.65 Å². The van der Waals surface area contributed by atoms with Crippen molar-refractivity contribution in [3.05, 3.63) is 34.9 Å². The molecule has 0 aliphatic carbocycles. The van der Waals surface area contributed by atoms with Crippen LogP contribution >= 0.6 is 0 Å². The lowest BCUT2D eigenvalue weighted by atomic mass is 10.1. The maximum atomic E-state index is 12.1. The number of aliphatic carboxylic acids is 1. The van der Waals surface area contributed by atoms with Gasteiger partial charge in [0.1, 0.15) is 0 Å². The highest BCUT2D eigenvalue weighted by Gasteiger charge is 2.27. The Morgan fingerprint density at radius 3 is 2.95 bits per heavy atom. The second-order valence-electron chi connectivity index (χ2n) is 5.06. The number of carboxylic acids is 1. The van der Waals surface area contributed by atoms with E-state index in [9.17, 15) is 9.59 Å². The summed E-state index contributed by atoms with van der Waals surface area (Å²) in [5.41, 5.74) is 0.469. The minimum atomic E-state index is -0.739. The molecule has 1 aliphatic heterocycles. The number of rotatable bonds is 4. The number of fused-ring (bicyclic) bond motifs is 1. The SMILES string of the molecule is O=C(O)C1CCN(CCn2nc3ccccn3c2=O)C1. The van der Waals surface area contributed by atoms with E-state index in [4.69, 9.17) is 5.11 Å². The number of hydrogen-bond donors (Lipinski definition) is 1. The van der Waals surface area contributed by atoms with Crippen LogP contribution in [0, 0.1) is 5.92 Å². The second kappa shape index (κ2) is 5.09. The fraction of sp³-hybridized carbons (Fsp3) is 0.462. The Morgan fingerprint density at radius 1 is 1.40 bits per heavy atom. The van der Waals surface area contributed by atoms with Crippen LogP contribution in [0.15, 0.2) is 29.2 Å². The zero-order chi connectivity index (χ0) is 14.1. The molecule has 1 unspecified atom stereocenters.